The van der Waals surface area contributed by atoms with Crippen LogP contribution >= 0.6 is 0 Å². The average Bonchev–Trinajstić information content (AvgIpc) is 3.39. The molecule has 0 atom stereocenters. The molecule has 1 aliphatic heterocycles. The van der Waals surface area contributed by atoms with Gasteiger partial charge in [0, 0.05) is 51.6 Å². The molecule has 3 N–H and O–H groups in total. The van der Waals surface area contributed by atoms with Gasteiger partial charge in [-0.05, 0) is 25.7 Å². The number of nitrogens with zero attached hydrogens (tertiary/aromatic N) is 1. The van der Waals surface area contributed by atoms with Crippen molar-refractivity contribution in [1.29, 1.82) is 0 Å². The van der Waals surface area contributed by atoms with E-state index in [0.717, 1.165) is 51.4 Å². The van der Waals surface area contributed by atoms with E-state index in [2.05, 4.69) is 15.5 Å². The van der Waals surface area contributed by atoms with E-state index in [1.54, 1.807) is 0 Å². The van der Waals surface area contributed by atoms with Crippen molar-refractivity contribution in [3.05, 3.63) is 0 Å². The third kappa shape index (κ3) is 24.8. The van der Waals surface area contributed by atoms with Gasteiger partial charge in [-0.15, -0.1) is 5.06 Å². The molecule has 278 valence electrons. The topological polar surface area (TPSA) is 222 Å². The molecule has 49 heavy (non-hydrogen) atoms. The van der Waals surface area contributed by atoms with Crippen molar-refractivity contribution < 1.29 is 62.2 Å². The maximum atomic E-state index is 11.8. The molecule has 0 aromatic rings. The van der Waals surface area contributed by atoms with Crippen LogP contribution in [0.4, 0.5) is 0 Å². The normalized spacial score (nSPS) is 12.4. The van der Waals surface area contributed by atoms with Crippen LogP contribution in [0.2, 0.25) is 0 Å². The minimum Gasteiger partial charge on any atom is -0.377 e. The monoisotopic (exact) mass is 700 g/mol. The molecule has 0 bridgehead atoms. The maximum Gasteiger partial charge on any atom is 0.333 e. The van der Waals surface area contributed by atoms with Crippen LogP contribution in [0, 0.1) is 0 Å². The van der Waals surface area contributed by atoms with E-state index in [9.17, 15) is 38.4 Å². The van der Waals surface area contributed by atoms with Crippen LogP contribution in [-0.2, 0) is 62.2 Å². The molecular formula is C32H52N4O13. The van der Waals surface area contributed by atoms with Crippen LogP contribution in [0.5, 0.6) is 0 Å². The smallest absolute Gasteiger partial charge is 0.333 e. The van der Waals surface area contributed by atoms with Crippen molar-refractivity contribution in [2.75, 3.05) is 52.7 Å². The fourth-order valence-corrected chi connectivity index (χ4v) is 4.29. The van der Waals surface area contributed by atoms with E-state index in [4.69, 9.17) is 19.0 Å². The zero-order valence-electron chi connectivity index (χ0n) is 28.3. The van der Waals surface area contributed by atoms with Gasteiger partial charge in [0.1, 0.15) is 19.5 Å². The highest BCUT2D eigenvalue weighted by Gasteiger charge is 2.32. The number of rotatable bonds is 30. The van der Waals surface area contributed by atoms with Gasteiger partial charge in [0.05, 0.1) is 26.4 Å². The van der Waals surface area contributed by atoms with Crippen LogP contribution in [0.3, 0.4) is 0 Å². The summed E-state index contributed by atoms with van der Waals surface area (Å²) < 4.78 is 15.9. The Morgan fingerprint density at radius 3 is 1.59 bits per heavy atom. The Balaban J connectivity index is 1.80. The number of nitrogens with one attached hydrogen (secondary N) is 3. The maximum absolute atomic E-state index is 11.8. The summed E-state index contributed by atoms with van der Waals surface area (Å²) in [6.45, 7) is 1.92. The van der Waals surface area contributed by atoms with Crippen molar-refractivity contribution >= 4 is 47.8 Å². The first-order valence-corrected chi connectivity index (χ1v) is 17.0. The molecule has 0 unspecified atom stereocenters. The van der Waals surface area contributed by atoms with Gasteiger partial charge in [-0.25, -0.2) is 9.59 Å². The first-order valence-electron chi connectivity index (χ1n) is 17.0. The van der Waals surface area contributed by atoms with Crippen molar-refractivity contribution in [2.45, 2.75) is 103 Å². The Hall–Kier alpha value is -3.96. The van der Waals surface area contributed by atoms with Gasteiger partial charge in [-0.1, -0.05) is 38.5 Å². The first-order chi connectivity index (χ1) is 23.7. The Labute approximate surface area is 286 Å². The molecule has 17 heteroatoms. The van der Waals surface area contributed by atoms with Crippen LogP contribution < -0.4 is 16.1 Å². The summed E-state index contributed by atoms with van der Waals surface area (Å²) in [7, 11) is 0. The minimum absolute atomic E-state index is 0.0224. The Bertz CT molecular complexity index is 1020. The molecule has 17 nitrogen and oxygen atoms in total. The molecule has 0 spiro atoms. The van der Waals surface area contributed by atoms with Gasteiger partial charge in [0.15, 0.2) is 0 Å². The van der Waals surface area contributed by atoms with E-state index in [1.807, 2.05) is 5.48 Å². The highest BCUT2D eigenvalue weighted by Crippen LogP contribution is 2.14. The summed E-state index contributed by atoms with van der Waals surface area (Å²) in [6, 6.07) is 0. The lowest BCUT2D eigenvalue weighted by Crippen LogP contribution is -2.31. The van der Waals surface area contributed by atoms with E-state index < -0.39 is 29.7 Å². The Kier molecular flexibility index (Phi) is 25.5. The van der Waals surface area contributed by atoms with E-state index in [-0.39, 0.29) is 90.0 Å². The molecule has 5 amide bonds. The average molecular weight is 701 g/mol. The predicted octanol–water partition coefficient (Wildman–Crippen LogP) is 1.11. The number of carbonyl (C=O) groups excluding carboxylic acids is 8. The summed E-state index contributed by atoms with van der Waals surface area (Å²) >= 11 is 0. The lowest BCUT2D eigenvalue weighted by Gasteiger charge is -2.12. The fraction of sp³-hybridized carbons (Fsp3) is 0.750. The van der Waals surface area contributed by atoms with Gasteiger partial charge < -0.3 is 39.3 Å². The molecule has 1 aliphatic rings. The fourth-order valence-electron chi connectivity index (χ4n) is 4.29. The first kappa shape index (κ1) is 43.1. The third-order valence-corrected chi connectivity index (χ3v) is 6.94. The number of hydroxylamine groups is 3. The van der Waals surface area contributed by atoms with Gasteiger partial charge in [0.2, 0.25) is 11.8 Å². The van der Waals surface area contributed by atoms with Gasteiger partial charge in [0.25, 0.3) is 17.7 Å². The number of amides is 5. The summed E-state index contributed by atoms with van der Waals surface area (Å²) in [5.41, 5.74) is 2.01. The number of aldehydes is 1. The molecule has 0 aromatic carbocycles. The van der Waals surface area contributed by atoms with Gasteiger partial charge in [-0.3, -0.25) is 24.0 Å². The van der Waals surface area contributed by atoms with Crippen molar-refractivity contribution in [2.24, 2.45) is 0 Å². The third-order valence-electron chi connectivity index (χ3n) is 6.94. The largest absolute Gasteiger partial charge is 0.377 e. The lowest BCUT2D eigenvalue weighted by atomic mass is 10.1. The SMILES string of the molecule is O=CCCC(=O)NOC(=O)CCCCCCCNC(=O)COCCOCCOCC(=O)NCCCCCCCC(=O)ON1C(=O)CCC1=O. The standard InChI is InChI=1S/C32H52N4O13/c37-19-11-12-26(38)35-48-31(43)13-7-3-1-5-9-17-33-27(39)24-46-22-20-45-21-23-47-25-28(40)34-18-10-6-2-4-8-14-32(44)49-36-29(41)15-16-30(36)42/h19H,1-18,20-25H2,(H,33,39)(H,34,40)(H,35,38). The zero-order valence-corrected chi connectivity index (χ0v) is 28.3. The second-order valence-electron chi connectivity index (χ2n) is 11.2. The molecular weight excluding hydrogens is 648 g/mol. The van der Waals surface area contributed by atoms with Crippen LogP contribution in [-0.4, -0.2) is 106 Å². The van der Waals surface area contributed by atoms with Crippen molar-refractivity contribution in [3.8, 4) is 0 Å². The molecule has 1 rings (SSSR count). The lowest BCUT2D eigenvalue weighted by molar-refractivity contribution is -0.197. The molecule has 0 saturated carbocycles. The van der Waals surface area contributed by atoms with Crippen molar-refractivity contribution in [1.82, 2.24) is 21.2 Å². The number of unbranched alkanes of at least 4 members (excludes halogenated alkanes) is 8. The molecule has 1 fully saturated rings. The highest BCUT2D eigenvalue weighted by atomic mass is 16.7. The van der Waals surface area contributed by atoms with E-state index in [1.165, 1.54) is 0 Å². The molecule has 1 heterocycles. The summed E-state index contributed by atoms with van der Waals surface area (Å²) in [5, 5.41) is 6.11. The van der Waals surface area contributed by atoms with Crippen molar-refractivity contribution in [3.63, 3.8) is 0 Å². The molecule has 0 aromatic heterocycles. The second kappa shape index (κ2) is 29.0. The quantitative estimate of drug-likeness (QED) is 0.0414. The van der Waals surface area contributed by atoms with Crippen LogP contribution in [0.25, 0.3) is 0 Å². The molecule has 0 aliphatic carbocycles. The Morgan fingerprint density at radius 2 is 1.06 bits per heavy atom. The van der Waals surface area contributed by atoms with Crippen LogP contribution in [0.15, 0.2) is 0 Å². The number of imide groups is 1. The molecule has 0 radical (unpaired) electrons. The van der Waals surface area contributed by atoms with Gasteiger partial charge >= 0.3 is 11.9 Å². The van der Waals surface area contributed by atoms with Crippen LogP contribution in [0.1, 0.15) is 103 Å². The highest BCUT2D eigenvalue weighted by molar-refractivity contribution is 6.01. The molecule has 1 saturated heterocycles. The number of hydrogen-bond donors (Lipinski definition) is 3. The summed E-state index contributed by atoms with van der Waals surface area (Å²) in [6.07, 6.45) is 9.03. The number of carbonyl (C=O) groups is 8. The minimum atomic E-state index is -0.593. The second-order valence-corrected chi connectivity index (χ2v) is 11.2. The Morgan fingerprint density at radius 1 is 0.592 bits per heavy atom. The van der Waals surface area contributed by atoms with Gasteiger partial charge in [-0.2, -0.15) is 5.48 Å². The van der Waals surface area contributed by atoms with E-state index in [0.29, 0.717) is 37.3 Å². The number of ether oxygens (including phenoxy) is 3. The summed E-state index contributed by atoms with van der Waals surface area (Å²) in [4.78, 5) is 101. The predicted molar refractivity (Wildman–Crippen MR) is 171 cm³/mol. The van der Waals surface area contributed by atoms with E-state index >= 15 is 0 Å². The number of hydrogen-bond acceptors (Lipinski definition) is 13. The zero-order chi connectivity index (χ0) is 36.0. The summed E-state index contributed by atoms with van der Waals surface area (Å²) in [5.74, 6) is -3.06.